The van der Waals surface area contributed by atoms with E-state index in [0.29, 0.717) is 18.1 Å². The number of hydrogen-bond acceptors (Lipinski definition) is 5. The Hall–Kier alpha value is -2.18. The molecule has 0 aliphatic carbocycles. The van der Waals surface area contributed by atoms with Crippen LogP contribution in [0.1, 0.15) is 56.3 Å². The van der Waals surface area contributed by atoms with Crippen molar-refractivity contribution in [3.8, 4) is 0 Å². The minimum Gasteiger partial charge on any atom is -0.476 e. The molecule has 1 heterocycles. The molecule has 7 nitrogen and oxygen atoms in total. The first-order chi connectivity index (χ1) is 9.81. The number of hydrogen-bond donors (Lipinski definition) is 3. The summed E-state index contributed by atoms with van der Waals surface area (Å²) < 4.78 is 0. The number of nitrogens with one attached hydrogen (secondary N) is 2. The Balaban J connectivity index is 2.70. The van der Waals surface area contributed by atoms with Crippen LogP contribution in [0.3, 0.4) is 0 Å². The number of carbonyl (C=O) groups is 2. The molecule has 0 bridgehead atoms. The van der Waals surface area contributed by atoms with E-state index in [1.165, 1.54) is 6.20 Å². The number of aromatic carboxylic acids is 1. The number of carbonyl (C=O) groups excluding carboxylic acids is 1. The lowest BCUT2D eigenvalue weighted by atomic mass is 10.2. The van der Waals surface area contributed by atoms with E-state index in [0.717, 1.165) is 0 Å². The van der Waals surface area contributed by atoms with Gasteiger partial charge in [0.05, 0.1) is 11.9 Å². The van der Waals surface area contributed by atoms with Crippen molar-refractivity contribution in [1.82, 2.24) is 15.3 Å². The fourth-order valence-electron chi connectivity index (χ4n) is 1.67. The number of nitrogens with zero attached hydrogens (tertiary/aromatic N) is 2. The van der Waals surface area contributed by atoms with Gasteiger partial charge in [-0.1, -0.05) is 13.8 Å². The van der Waals surface area contributed by atoms with Gasteiger partial charge in [0.1, 0.15) is 5.82 Å². The van der Waals surface area contributed by atoms with Gasteiger partial charge in [-0.05, 0) is 13.8 Å². The summed E-state index contributed by atoms with van der Waals surface area (Å²) in [5, 5.41) is 14.9. The van der Waals surface area contributed by atoms with E-state index in [1.807, 2.05) is 27.7 Å². The summed E-state index contributed by atoms with van der Waals surface area (Å²) in [6.45, 7) is 7.87. The Morgan fingerprint density at radius 3 is 2.48 bits per heavy atom. The van der Waals surface area contributed by atoms with Crippen LogP contribution < -0.4 is 10.6 Å². The van der Waals surface area contributed by atoms with Gasteiger partial charge in [0.2, 0.25) is 5.91 Å². The molecule has 3 N–H and O–H groups in total. The van der Waals surface area contributed by atoms with E-state index in [-0.39, 0.29) is 30.0 Å². The molecular weight excluding hydrogens is 272 g/mol. The average molecular weight is 294 g/mol. The fourth-order valence-corrected chi connectivity index (χ4v) is 1.67. The molecule has 0 aromatic carbocycles. The van der Waals surface area contributed by atoms with Gasteiger partial charge in [-0.3, -0.25) is 4.79 Å². The third-order valence-electron chi connectivity index (χ3n) is 2.64. The minimum absolute atomic E-state index is 0.0500. The Morgan fingerprint density at radius 2 is 1.95 bits per heavy atom. The van der Waals surface area contributed by atoms with Gasteiger partial charge in [-0.2, -0.15) is 0 Å². The SMILES string of the molecule is CC(C)NC(=O)CCNc1cnc(C(C)C)nc1C(=O)O. The van der Waals surface area contributed by atoms with Gasteiger partial charge >= 0.3 is 5.97 Å². The Kier molecular flexibility index (Phi) is 6.08. The molecular formula is C14H22N4O3. The van der Waals surface area contributed by atoms with Crippen molar-refractivity contribution in [2.24, 2.45) is 0 Å². The molecule has 0 saturated heterocycles. The Labute approximate surface area is 124 Å². The van der Waals surface area contributed by atoms with Crippen LogP contribution in [0.2, 0.25) is 0 Å². The molecule has 0 radical (unpaired) electrons. The van der Waals surface area contributed by atoms with Crippen LogP contribution in [0.5, 0.6) is 0 Å². The van der Waals surface area contributed by atoms with Crippen LogP contribution in [0, 0.1) is 0 Å². The maximum atomic E-state index is 11.5. The zero-order chi connectivity index (χ0) is 16.0. The normalized spacial score (nSPS) is 10.8. The molecule has 1 rings (SSSR count). The van der Waals surface area contributed by atoms with Crippen molar-refractivity contribution in [2.45, 2.75) is 46.1 Å². The van der Waals surface area contributed by atoms with E-state index >= 15 is 0 Å². The molecule has 116 valence electrons. The second-order valence-electron chi connectivity index (χ2n) is 5.35. The number of aromatic nitrogens is 2. The quantitative estimate of drug-likeness (QED) is 0.706. The lowest BCUT2D eigenvalue weighted by Crippen LogP contribution is -2.31. The molecule has 21 heavy (non-hydrogen) atoms. The van der Waals surface area contributed by atoms with Crippen molar-refractivity contribution in [2.75, 3.05) is 11.9 Å². The largest absolute Gasteiger partial charge is 0.476 e. The molecule has 0 aliphatic rings. The van der Waals surface area contributed by atoms with Crippen molar-refractivity contribution in [3.63, 3.8) is 0 Å². The van der Waals surface area contributed by atoms with Crippen molar-refractivity contribution < 1.29 is 14.7 Å². The van der Waals surface area contributed by atoms with E-state index in [1.54, 1.807) is 0 Å². The first kappa shape index (κ1) is 16.9. The number of carboxylic acids is 1. The summed E-state index contributed by atoms with van der Waals surface area (Å²) in [6, 6.07) is 0.0840. The standard InChI is InChI=1S/C14H22N4O3/c1-8(2)13-16-7-10(12(18-13)14(20)21)15-6-5-11(19)17-9(3)4/h7-9,15H,5-6H2,1-4H3,(H,17,19)(H,20,21). The summed E-state index contributed by atoms with van der Waals surface area (Å²) in [5.41, 5.74) is 0.252. The molecule has 0 unspecified atom stereocenters. The second kappa shape index (κ2) is 7.56. The summed E-state index contributed by atoms with van der Waals surface area (Å²) in [7, 11) is 0. The summed E-state index contributed by atoms with van der Waals surface area (Å²) >= 11 is 0. The molecule has 1 amide bonds. The Morgan fingerprint density at radius 1 is 1.29 bits per heavy atom. The molecule has 0 atom stereocenters. The first-order valence-electron chi connectivity index (χ1n) is 6.94. The topological polar surface area (TPSA) is 104 Å². The molecule has 0 spiro atoms. The summed E-state index contributed by atoms with van der Waals surface area (Å²) in [6.07, 6.45) is 1.70. The zero-order valence-electron chi connectivity index (χ0n) is 12.8. The molecule has 1 aromatic rings. The van der Waals surface area contributed by atoms with Gasteiger partial charge in [-0.15, -0.1) is 0 Å². The van der Waals surface area contributed by atoms with Crippen LogP contribution >= 0.6 is 0 Å². The maximum Gasteiger partial charge on any atom is 0.356 e. The average Bonchev–Trinajstić information content (AvgIpc) is 2.37. The lowest BCUT2D eigenvalue weighted by molar-refractivity contribution is -0.121. The van der Waals surface area contributed by atoms with Crippen LogP contribution in [0.4, 0.5) is 5.69 Å². The highest BCUT2D eigenvalue weighted by atomic mass is 16.4. The van der Waals surface area contributed by atoms with Crippen LogP contribution in [-0.2, 0) is 4.79 Å². The molecule has 0 saturated carbocycles. The van der Waals surface area contributed by atoms with Gasteiger partial charge in [0.15, 0.2) is 5.69 Å². The number of rotatable bonds is 7. The molecule has 1 aromatic heterocycles. The third-order valence-corrected chi connectivity index (χ3v) is 2.64. The van der Waals surface area contributed by atoms with E-state index in [9.17, 15) is 14.7 Å². The predicted molar refractivity (Wildman–Crippen MR) is 79.5 cm³/mol. The highest BCUT2D eigenvalue weighted by Crippen LogP contribution is 2.16. The van der Waals surface area contributed by atoms with E-state index < -0.39 is 5.97 Å². The first-order valence-corrected chi connectivity index (χ1v) is 6.94. The highest BCUT2D eigenvalue weighted by Gasteiger charge is 2.15. The number of amides is 1. The van der Waals surface area contributed by atoms with E-state index in [2.05, 4.69) is 20.6 Å². The monoisotopic (exact) mass is 294 g/mol. The molecule has 7 heteroatoms. The van der Waals surface area contributed by atoms with Gasteiger partial charge in [0.25, 0.3) is 0 Å². The molecule has 0 fully saturated rings. The zero-order valence-corrected chi connectivity index (χ0v) is 12.8. The number of carboxylic acid groups (broad SMARTS) is 1. The van der Waals surface area contributed by atoms with Gasteiger partial charge in [0, 0.05) is 24.9 Å². The smallest absolute Gasteiger partial charge is 0.356 e. The van der Waals surface area contributed by atoms with E-state index in [4.69, 9.17) is 0 Å². The molecule has 0 aliphatic heterocycles. The number of anilines is 1. The highest BCUT2D eigenvalue weighted by molar-refractivity contribution is 5.91. The summed E-state index contributed by atoms with van der Waals surface area (Å²) in [5.74, 6) is -0.674. The third kappa shape index (κ3) is 5.37. The maximum absolute atomic E-state index is 11.5. The fraction of sp³-hybridized carbons (Fsp3) is 0.571. The van der Waals surface area contributed by atoms with Gasteiger partial charge < -0.3 is 15.7 Å². The van der Waals surface area contributed by atoms with Crippen molar-refractivity contribution in [3.05, 3.63) is 17.7 Å². The minimum atomic E-state index is -1.12. The van der Waals surface area contributed by atoms with Crippen molar-refractivity contribution >= 4 is 17.6 Å². The van der Waals surface area contributed by atoms with Crippen LogP contribution in [0.25, 0.3) is 0 Å². The van der Waals surface area contributed by atoms with Crippen LogP contribution in [-0.4, -0.2) is 39.5 Å². The second-order valence-corrected chi connectivity index (χ2v) is 5.35. The van der Waals surface area contributed by atoms with Crippen molar-refractivity contribution in [1.29, 1.82) is 0 Å². The Bertz CT molecular complexity index is 515. The van der Waals surface area contributed by atoms with Crippen LogP contribution in [0.15, 0.2) is 6.20 Å². The summed E-state index contributed by atoms with van der Waals surface area (Å²) in [4.78, 5) is 30.9. The lowest BCUT2D eigenvalue weighted by Gasteiger charge is -2.12. The predicted octanol–water partition coefficient (Wildman–Crippen LogP) is 1.62. The van der Waals surface area contributed by atoms with Gasteiger partial charge in [-0.25, -0.2) is 14.8 Å².